The fourth-order valence-corrected chi connectivity index (χ4v) is 4.72. The number of nitrogens with one attached hydrogen (secondary N) is 2. The van der Waals surface area contributed by atoms with Gasteiger partial charge in [-0.1, -0.05) is 64.1 Å². The fraction of sp³-hybridized carbons (Fsp3) is 0.120. The molecular formula is C25H22BrN7O4S. The third-order valence-electron chi connectivity index (χ3n) is 5.25. The molecule has 1 atom stereocenters. The highest BCUT2D eigenvalue weighted by Crippen LogP contribution is 2.32. The molecule has 1 amide bonds. The highest BCUT2D eigenvalue weighted by atomic mass is 79.9. The van der Waals surface area contributed by atoms with Gasteiger partial charge in [0, 0.05) is 27.5 Å². The van der Waals surface area contributed by atoms with Crippen LogP contribution in [0.25, 0.3) is 5.69 Å². The smallest absolute Gasteiger partial charge is 0.312 e. The minimum atomic E-state index is -0.707. The Kier molecular flexibility index (Phi) is 8.71. The summed E-state index contributed by atoms with van der Waals surface area (Å²) in [6, 6.07) is 21.9. The first-order valence-electron chi connectivity index (χ1n) is 11.3. The van der Waals surface area contributed by atoms with Crippen LogP contribution in [-0.4, -0.2) is 42.2 Å². The molecule has 3 N–H and O–H groups in total. The number of carbonyl (C=O) groups excluding carboxylic acids is 1. The number of nitrogens with zero attached hydrogens (tertiary/aromatic N) is 5. The van der Waals surface area contributed by atoms with Crippen LogP contribution in [0.1, 0.15) is 18.3 Å². The lowest BCUT2D eigenvalue weighted by Gasteiger charge is -2.13. The maximum absolute atomic E-state index is 12.7. The zero-order valence-electron chi connectivity index (χ0n) is 20.0. The molecule has 0 saturated heterocycles. The number of amides is 1. The SMILES string of the molecule is CC(Sc1nnc(CNc2ccccc2)n1-c1ccccc1)C(=O)N/N=C/c1cc(Br)cc([N+](=O)[O-])c1O. The van der Waals surface area contributed by atoms with E-state index in [4.69, 9.17) is 0 Å². The summed E-state index contributed by atoms with van der Waals surface area (Å²) in [5.41, 5.74) is 3.79. The first-order valence-corrected chi connectivity index (χ1v) is 13.0. The van der Waals surface area contributed by atoms with Gasteiger partial charge >= 0.3 is 5.69 Å². The van der Waals surface area contributed by atoms with Gasteiger partial charge in [0.2, 0.25) is 5.75 Å². The number of aromatic nitrogens is 3. The number of anilines is 1. The van der Waals surface area contributed by atoms with E-state index in [-0.39, 0.29) is 5.56 Å². The maximum Gasteiger partial charge on any atom is 0.312 e. The Hall–Kier alpha value is -4.23. The molecule has 0 radical (unpaired) electrons. The van der Waals surface area contributed by atoms with Crippen molar-refractivity contribution in [2.75, 3.05) is 5.32 Å². The quantitative estimate of drug-likeness (QED) is 0.102. The van der Waals surface area contributed by atoms with E-state index < -0.39 is 27.5 Å². The summed E-state index contributed by atoms with van der Waals surface area (Å²) in [6.45, 7) is 2.11. The van der Waals surface area contributed by atoms with E-state index in [1.165, 1.54) is 23.9 Å². The number of thioether (sulfide) groups is 1. The predicted molar refractivity (Wildman–Crippen MR) is 149 cm³/mol. The monoisotopic (exact) mass is 595 g/mol. The van der Waals surface area contributed by atoms with Gasteiger partial charge in [0.1, 0.15) is 0 Å². The zero-order chi connectivity index (χ0) is 27.1. The van der Waals surface area contributed by atoms with Gasteiger partial charge in [-0.25, -0.2) is 5.43 Å². The van der Waals surface area contributed by atoms with Gasteiger partial charge < -0.3 is 10.4 Å². The van der Waals surface area contributed by atoms with Crippen LogP contribution in [0.4, 0.5) is 11.4 Å². The number of nitro benzene ring substituents is 1. The van der Waals surface area contributed by atoms with E-state index in [0.717, 1.165) is 17.6 Å². The highest BCUT2D eigenvalue weighted by Gasteiger charge is 2.21. The highest BCUT2D eigenvalue weighted by molar-refractivity contribution is 9.10. The summed E-state index contributed by atoms with van der Waals surface area (Å²) in [7, 11) is 0. The number of phenols is 1. The van der Waals surface area contributed by atoms with E-state index in [9.17, 15) is 20.0 Å². The van der Waals surface area contributed by atoms with Crippen molar-refractivity contribution in [1.82, 2.24) is 20.2 Å². The molecule has 194 valence electrons. The molecule has 13 heteroatoms. The van der Waals surface area contributed by atoms with Gasteiger partial charge in [0.15, 0.2) is 11.0 Å². The normalized spacial score (nSPS) is 11.8. The molecule has 1 unspecified atom stereocenters. The largest absolute Gasteiger partial charge is 0.502 e. The average Bonchev–Trinajstić information content (AvgIpc) is 3.32. The molecule has 1 heterocycles. The van der Waals surface area contributed by atoms with Crippen LogP contribution in [0.3, 0.4) is 0 Å². The molecule has 1 aromatic heterocycles. The van der Waals surface area contributed by atoms with Crippen molar-refractivity contribution in [1.29, 1.82) is 0 Å². The second-order valence-electron chi connectivity index (χ2n) is 7.90. The molecule has 0 aliphatic heterocycles. The Morgan fingerprint density at radius 3 is 2.55 bits per heavy atom. The van der Waals surface area contributed by atoms with Crippen molar-refractivity contribution in [2.45, 2.75) is 23.9 Å². The maximum atomic E-state index is 12.7. The lowest BCUT2D eigenvalue weighted by atomic mass is 10.2. The summed E-state index contributed by atoms with van der Waals surface area (Å²) in [6.07, 6.45) is 1.14. The van der Waals surface area contributed by atoms with E-state index in [1.807, 2.05) is 65.2 Å². The number of hydrazone groups is 1. The Morgan fingerprint density at radius 1 is 1.18 bits per heavy atom. The van der Waals surface area contributed by atoms with E-state index in [1.54, 1.807) is 6.92 Å². The second-order valence-corrected chi connectivity index (χ2v) is 10.1. The first kappa shape index (κ1) is 26.8. The molecule has 0 bridgehead atoms. The molecule has 0 aliphatic rings. The lowest BCUT2D eigenvalue weighted by molar-refractivity contribution is -0.385. The molecule has 4 aromatic rings. The summed E-state index contributed by atoms with van der Waals surface area (Å²) < 4.78 is 2.27. The van der Waals surface area contributed by atoms with Crippen molar-refractivity contribution in [3.63, 3.8) is 0 Å². The van der Waals surface area contributed by atoms with Gasteiger partial charge in [0.05, 0.1) is 22.9 Å². The van der Waals surface area contributed by atoms with Gasteiger partial charge in [-0.05, 0) is 37.3 Å². The van der Waals surface area contributed by atoms with Crippen LogP contribution >= 0.6 is 27.7 Å². The van der Waals surface area contributed by atoms with E-state index in [2.05, 4.69) is 42.0 Å². The number of rotatable bonds is 10. The number of nitro groups is 1. The fourth-order valence-electron chi connectivity index (χ4n) is 3.38. The van der Waals surface area contributed by atoms with Crippen LogP contribution in [0.15, 0.2) is 87.5 Å². The number of phenolic OH excluding ortho intramolecular Hbond substituents is 1. The van der Waals surface area contributed by atoms with Gasteiger partial charge in [-0.3, -0.25) is 19.5 Å². The molecular weight excluding hydrogens is 574 g/mol. The molecule has 0 saturated carbocycles. The molecule has 0 aliphatic carbocycles. The van der Waals surface area contributed by atoms with E-state index in [0.29, 0.717) is 22.0 Å². The summed E-state index contributed by atoms with van der Waals surface area (Å²) >= 11 is 4.36. The minimum Gasteiger partial charge on any atom is -0.502 e. The number of carbonyl (C=O) groups is 1. The molecule has 11 nitrogen and oxygen atoms in total. The lowest BCUT2D eigenvalue weighted by Crippen LogP contribution is -2.27. The standard InChI is InChI=1S/C25H22BrN7O4S/c1-16(24(35)30-28-14-17-12-18(26)13-21(23(17)34)33(36)37)38-25-31-29-22(15-27-19-8-4-2-5-9-19)32(25)20-10-6-3-7-11-20/h2-14,16,27,34H,15H2,1H3,(H,30,35)/b28-14+. The number of aromatic hydroxyl groups is 1. The third kappa shape index (κ3) is 6.55. The van der Waals surface area contributed by atoms with Crippen molar-refractivity contribution in [3.8, 4) is 11.4 Å². The van der Waals surface area contributed by atoms with Crippen LogP contribution in [0.5, 0.6) is 5.75 Å². The van der Waals surface area contributed by atoms with Crippen molar-refractivity contribution in [3.05, 3.63) is 98.8 Å². The third-order valence-corrected chi connectivity index (χ3v) is 6.75. The van der Waals surface area contributed by atoms with Crippen LogP contribution in [0.2, 0.25) is 0 Å². The average molecular weight is 596 g/mol. The van der Waals surface area contributed by atoms with Crippen LogP contribution in [0, 0.1) is 10.1 Å². The molecule has 0 fully saturated rings. The number of halogens is 1. The molecule has 4 rings (SSSR count). The molecule has 38 heavy (non-hydrogen) atoms. The van der Waals surface area contributed by atoms with Crippen molar-refractivity contribution in [2.24, 2.45) is 5.10 Å². The Balaban J connectivity index is 1.48. The summed E-state index contributed by atoms with van der Waals surface area (Å²) in [5.74, 6) is -0.312. The van der Waals surface area contributed by atoms with E-state index >= 15 is 0 Å². The van der Waals surface area contributed by atoms with Crippen LogP contribution in [-0.2, 0) is 11.3 Å². The number of para-hydroxylation sites is 2. The summed E-state index contributed by atoms with van der Waals surface area (Å²) in [4.78, 5) is 23.1. The van der Waals surface area contributed by atoms with Gasteiger partial charge in [0.25, 0.3) is 5.91 Å². The Morgan fingerprint density at radius 2 is 1.87 bits per heavy atom. The van der Waals surface area contributed by atoms with Gasteiger partial charge in [-0.15, -0.1) is 10.2 Å². The Labute approximate surface area is 230 Å². The molecule has 0 spiro atoms. The molecule has 3 aromatic carbocycles. The topological polar surface area (TPSA) is 148 Å². The number of hydrogen-bond acceptors (Lipinski definition) is 9. The predicted octanol–water partition coefficient (Wildman–Crippen LogP) is 4.89. The van der Waals surface area contributed by atoms with Gasteiger partial charge in [-0.2, -0.15) is 5.10 Å². The number of benzene rings is 3. The Bertz CT molecular complexity index is 1470. The summed E-state index contributed by atoms with van der Waals surface area (Å²) in [5, 5.41) is 37.0. The second kappa shape index (κ2) is 12.3. The number of hydrogen-bond donors (Lipinski definition) is 3. The van der Waals surface area contributed by atoms with Crippen molar-refractivity contribution >= 4 is 51.2 Å². The zero-order valence-corrected chi connectivity index (χ0v) is 22.4. The van der Waals surface area contributed by atoms with Crippen molar-refractivity contribution < 1.29 is 14.8 Å². The first-order chi connectivity index (χ1) is 18.3. The van der Waals surface area contributed by atoms with Crippen LogP contribution < -0.4 is 10.7 Å². The minimum absolute atomic E-state index is 0.0751.